The number of benzene rings is 1. The van der Waals surface area contributed by atoms with Crippen LogP contribution in [0.2, 0.25) is 0 Å². The van der Waals surface area contributed by atoms with E-state index >= 15 is 0 Å². The number of aromatic nitrogens is 2. The largest absolute Gasteiger partial charge is 0.269 e. The van der Waals surface area contributed by atoms with Crippen molar-refractivity contribution < 1.29 is 0 Å². The van der Waals surface area contributed by atoms with Gasteiger partial charge < -0.3 is 0 Å². The quantitative estimate of drug-likeness (QED) is 0.769. The Labute approximate surface area is 106 Å². The molecule has 0 bridgehead atoms. The van der Waals surface area contributed by atoms with Crippen molar-refractivity contribution in [1.82, 2.24) is 9.78 Å². The van der Waals surface area contributed by atoms with Crippen LogP contribution in [-0.2, 0) is 18.7 Å². The standard InChI is InChI=1S/C14H16N2S/c1-2-7-14(8-3-1)17-11-12-10-13-6-4-5-9-16(13)15-12/h1-3,7-8,10H,4-6,9,11H2. The third-order valence-corrected chi connectivity index (χ3v) is 4.14. The zero-order valence-electron chi connectivity index (χ0n) is 9.80. The predicted molar refractivity (Wildman–Crippen MR) is 71.2 cm³/mol. The molecule has 0 N–H and O–H groups in total. The zero-order valence-corrected chi connectivity index (χ0v) is 10.6. The van der Waals surface area contributed by atoms with Gasteiger partial charge in [0.05, 0.1) is 5.69 Å². The molecule has 3 rings (SSSR count). The first-order chi connectivity index (χ1) is 8.42. The van der Waals surface area contributed by atoms with E-state index in [-0.39, 0.29) is 0 Å². The second-order valence-electron chi connectivity index (χ2n) is 4.41. The maximum atomic E-state index is 4.66. The number of hydrogen-bond donors (Lipinski definition) is 0. The molecular weight excluding hydrogens is 228 g/mol. The van der Waals surface area contributed by atoms with Gasteiger partial charge in [-0.1, -0.05) is 18.2 Å². The fraction of sp³-hybridized carbons (Fsp3) is 0.357. The lowest BCUT2D eigenvalue weighted by molar-refractivity contribution is 0.484. The number of aryl methyl sites for hydroxylation is 2. The average molecular weight is 244 g/mol. The Morgan fingerprint density at radius 1 is 1.18 bits per heavy atom. The van der Waals surface area contributed by atoms with Crippen molar-refractivity contribution in [3.05, 3.63) is 47.8 Å². The van der Waals surface area contributed by atoms with Crippen LogP contribution in [0, 0.1) is 0 Å². The van der Waals surface area contributed by atoms with E-state index in [1.807, 2.05) is 11.8 Å². The molecule has 0 radical (unpaired) electrons. The summed E-state index contributed by atoms with van der Waals surface area (Å²) in [4.78, 5) is 1.32. The molecule has 1 aromatic carbocycles. The van der Waals surface area contributed by atoms with Gasteiger partial charge in [-0.25, -0.2) is 0 Å². The van der Waals surface area contributed by atoms with Crippen LogP contribution in [0.1, 0.15) is 24.2 Å². The van der Waals surface area contributed by atoms with E-state index < -0.39 is 0 Å². The Kier molecular flexibility index (Phi) is 3.18. The highest BCUT2D eigenvalue weighted by Gasteiger charge is 2.11. The van der Waals surface area contributed by atoms with Gasteiger partial charge in [-0.05, 0) is 37.5 Å². The van der Waals surface area contributed by atoms with Crippen molar-refractivity contribution in [1.29, 1.82) is 0 Å². The highest BCUT2D eigenvalue weighted by Crippen LogP contribution is 2.23. The highest BCUT2D eigenvalue weighted by molar-refractivity contribution is 7.98. The predicted octanol–water partition coefficient (Wildman–Crippen LogP) is 3.51. The highest BCUT2D eigenvalue weighted by atomic mass is 32.2. The molecule has 0 spiro atoms. The number of rotatable bonds is 3. The van der Waals surface area contributed by atoms with E-state index in [0.717, 1.165) is 12.3 Å². The minimum absolute atomic E-state index is 0.976. The third-order valence-electron chi connectivity index (χ3n) is 3.10. The molecule has 1 aromatic heterocycles. The molecule has 1 aliphatic rings. The summed E-state index contributed by atoms with van der Waals surface area (Å²) >= 11 is 1.86. The second kappa shape index (κ2) is 4.96. The van der Waals surface area contributed by atoms with Gasteiger partial charge in [-0.15, -0.1) is 11.8 Å². The molecule has 2 nitrogen and oxygen atoms in total. The van der Waals surface area contributed by atoms with Crippen molar-refractivity contribution in [3.63, 3.8) is 0 Å². The Morgan fingerprint density at radius 3 is 2.88 bits per heavy atom. The lowest BCUT2D eigenvalue weighted by Gasteiger charge is -2.11. The van der Waals surface area contributed by atoms with E-state index in [4.69, 9.17) is 0 Å². The second-order valence-corrected chi connectivity index (χ2v) is 5.46. The van der Waals surface area contributed by atoms with Gasteiger partial charge in [0.2, 0.25) is 0 Å². The molecule has 17 heavy (non-hydrogen) atoms. The van der Waals surface area contributed by atoms with Crippen LogP contribution in [0.25, 0.3) is 0 Å². The molecule has 0 unspecified atom stereocenters. The molecule has 88 valence electrons. The Hall–Kier alpha value is -1.22. The molecule has 3 heteroatoms. The summed E-state index contributed by atoms with van der Waals surface area (Å²) < 4.78 is 2.18. The fourth-order valence-corrected chi connectivity index (χ4v) is 3.03. The Bertz CT molecular complexity index is 467. The Balaban J connectivity index is 1.67. The van der Waals surface area contributed by atoms with Crippen LogP contribution in [0.3, 0.4) is 0 Å². The van der Waals surface area contributed by atoms with Crippen LogP contribution >= 0.6 is 11.8 Å². The summed E-state index contributed by atoms with van der Waals surface area (Å²) in [5.41, 5.74) is 2.63. The van der Waals surface area contributed by atoms with Gasteiger partial charge in [0.15, 0.2) is 0 Å². The van der Waals surface area contributed by atoms with Crippen LogP contribution < -0.4 is 0 Å². The lowest BCUT2D eigenvalue weighted by Crippen LogP contribution is -2.10. The number of thioether (sulfide) groups is 1. The molecule has 2 heterocycles. The normalized spacial score (nSPS) is 14.6. The summed E-state index contributed by atoms with van der Waals surface area (Å²) in [6.07, 6.45) is 3.79. The van der Waals surface area contributed by atoms with Gasteiger partial charge in [0, 0.05) is 22.9 Å². The molecule has 0 saturated heterocycles. The van der Waals surface area contributed by atoms with Gasteiger partial charge in [0.1, 0.15) is 0 Å². The van der Waals surface area contributed by atoms with Gasteiger partial charge >= 0.3 is 0 Å². The minimum atomic E-state index is 0.976. The smallest absolute Gasteiger partial charge is 0.0730 e. The van der Waals surface area contributed by atoms with Crippen LogP contribution in [-0.4, -0.2) is 9.78 Å². The first-order valence-electron chi connectivity index (χ1n) is 6.15. The van der Waals surface area contributed by atoms with Gasteiger partial charge in [-0.2, -0.15) is 5.10 Å². The van der Waals surface area contributed by atoms with E-state index in [1.165, 1.54) is 35.5 Å². The van der Waals surface area contributed by atoms with Crippen LogP contribution in [0.15, 0.2) is 41.3 Å². The van der Waals surface area contributed by atoms with E-state index in [1.54, 1.807) is 0 Å². The average Bonchev–Trinajstić information content (AvgIpc) is 2.80. The number of hydrogen-bond acceptors (Lipinski definition) is 2. The lowest BCUT2D eigenvalue weighted by atomic mass is 10.1. The summed E-state index contributed by atoms with van der Waals surface area (Å²) in [6.45, 7) is 1.10. The minimum Gasteiger partial charge on any atom is -0.269 e. The van der Waals surface area contributed by atoms with E-state index in [9.17, 15) is 0 Å². The molecule has 0 saturated carbocycles. The maximum Gasteiger partial charge on any atom is 0.0730 e. The molecular formula is C14H16N2S. The number of fused-ring (bicyclic) bond motifs is 1. The van der Waals surface area contributed by atoms with Crippen molar-refractivity contribution in [2.24, 2.45) is 0 Å². The molecule has 0 atom stereocenters. The van der Waals surface area contributed by atoms with Gasteiger partial charge in [-0.3, -0.25) is 4.68 Å². The van der Waals surface area contributed by atoms with E-state index in [2.05, 4.69) is 46.2 Å². The van der Waals surface area contributed by atoms with Crippen molar-refractivity contribution in [3.8, 4) is 0 Å². The molecule has 0 aliphatic carbocycles. The Morgan fingerprint density at radius 2 is 2.06 bits per heavy atom. The maximum absolute atomic E-state index is 4.66. The first kappa shape index (κ1) is 10.9. The zero-order chi connectivity index (χ0) is 11.5. The van der Waals surface area contributed by atoms with Crippen molar-refractivity contribution >= 4 is 11.8 Å². The topological polar surface area (TPSA) is 17.8 Å². The van der Waals surface area contributed by atoms with E-state index in [0.29, 0.717) is 0 Å². The monoisotopic (exact) mass is 244 g/mol. The number of nitrogens with zero attached hydrogens (tertiary/aromatic N) is 2. The van der Waals surface area contributed by atoms with Crippen LogP contribution in [0.4, 0.5) is 0 Å². The molecule has 0 fully saturated rings. The van der Waals surface area contributed by atoms with Crippen LogP contribution in [0.5, 0.6) is 0 Å². The van der Waals surface area contributed by atoms with Gasteiger partial charge in [0.25, 0.3) is 0 Å². The summed E-state index contributed by atoms with van der Waals surface area (Å²) in [7, 11) is 0. The molecule has 2 aromatic rings. The summed E-state index contributed by atoms with van der Waals surface area (Å²) in [6, 6.07) is 12.8. The van der Waals surface area contributed by atoms with Crippen molar-refractivity contribution in [2.75, 3.05) is 0 Å². The first-order valence-corrected chi connectivity index (χ1v) is 7.14. The fourth-order valence-electron chi connectivity index (χ4n) is 2.22. The molecule has 1 aliphatic heterocycles. The summed E-state index contributed by atoms with van der Waals surface area (Å²) in [5.74, 6) is 0.976. The SMILES string of the molecule is c1ccc(SCc2cc3n(n2)CCCC3)cc1. The third kappa shape index (κ3) is 2.55. The van der Waals surface area contributed by atoms with Crippen molar-refractivity contribution in [2.45, 2.75) is 36.5 Å². The molecule has 0 amide bonds. The summed E-state index contributed by atoms with van der Waals surface area (Å²) in [5, 5.41) is 4.66.